The maximum absolute atomic E-state index is 11.6. The van der Waals surface area contributed by atoms with Gasteiger partial charge >= 0.3 is 0 Å². The maximum atomic E-state index is 11.6. The van der Waals surface area contributed by atoms with Gasteiger partial charge < -0.3 is 5.32 Å². The second kappa shape index (κ2) is 5.60. The summed E-state index contributed by atoms with van der Waals surface area (Å²) in [6, 6.07) is 3.39. The molecule has 1 amide bonds. The fourth-order valence-electron chi connectivity index (χ4n) is 1.02. The highest BCUT2D eigenvalue weighted by Gasteiger charge is 2.10. The lowest BCUT2D eigenvalue weighted by Gasteiger charge is -2.13. The third-order valence-corrected chi connectivity index (χ3v) is 2.33. The van der Waals surface area contributed by atoms with E-state index < -0.39 is 0 Å². The maximum Gasteiger partial charge on any atom is 0.251 e. The first kappa shape index (κ1) is 11.0. The number of rotatable bonds is 4. The summed E-state index contributed by atoms with van der Waals surface area (Å²) in [6.45, 7) is 1.99. The van der Waals surface area contributed by atoms with E-state index in [9.17, 15) is 4.79 Å². The molecule has 0 aromatic carbocycles. The van der Waals surface area contributed by atoms with Crippen molar-refractivity contribution in [3.8, 4) is 0 Å². The molecule has 1 unspecified atom stereocenters. The topological polar surface area (TPSA) is 42.0 Å². The lowest BCUT2D eigenvalue weighted by atomic mass is 10.2. The normalized spacial score (nSPS) is 12.1. The van der Waals surface area contributed by atoms with Gasteiger partial charge in [0.15, 0.2) is 0 Å². The molecule has 1 rings (SSSR count). The van der Waals surface area contributed by atoms with E-state index in [0.29, 0.717) is 11.4 Å². The van der Waals surface area contributed by atoms with Crippen molar-refractivity contribution in [3.63, 3.8) is 0 Å². The molecule has 76 valence electrons. The molecule has 4 heteroatoms. The van der Waals surface area contributed by atoms with Crippen molar-refractivity contribution in [1.82, 2.24) is 10.3 Å². The van der Waals surface area contributed by atoms with Crippen LogP contribution in [0, 0.1) is 0 Å². The highest BCUT2D eigenvalue weighted by molar-refractivity contribution is 6.18. The Hall–Kier alpha value is -1.09. The summed E-state index contributed by atoms with van der Waals surface area (Å²) in [5.41, 5.74) is 0.614. The van der Waals surface area contributed by atoms with Crippen LogP contribution < -0.4 is 5.32 Å². The summed E-state index contributed by atoms with van der Waals surface area (Å²) in [5, 5.41) is 2.83. The number of hydrogen-bond donors (Lipinski definition) is 1. The van der Waals surface area contributed by atoms with Crippen LogP contribution in [0.15, 0.2) is 24.5 Å². The molecular weight excluding hydrogens is 200 g/mol. The van der Waals surface area contributed by atoms with Crippen molar-refractivity contribution in [3.05, 3.63) is 30.1 Å². The van der Waals surface area contributed by atoms with Gasteiger partial charge in [-0.1, -0.05) is 6.92 Å². The fourth-order valence-corrected chi connectivity index (χ4v) is 1.32. The molecule has 0 saturated heterocycles. The second-order valence-corrected chi connectivity index (χ2v) is 3.28. The van der Waals surface area contributed by atoms with Crippen molar-refractivity contribution >= 4 is 17.5 Å². The van der Waals surface area contributed by atoms with E-state index in [2.05, 4.69) is 10.3 Å². The Morgan fingerprint density at radius 3 is 2.71 bits per heavy atom. The minimum atomic E-state index is -0.0973. The number of pyridine rings is 1. The van der Waals surface area contributed by atoms with E-state index in [1.165, 1.54) is 0 Å². The van der Waals surface area contributed by atoms with Crippen molar-refractivity contribution in [2.45, 2.75) is 19.4 Å². The molecule has 0 aliphatic heterocycles. The number of aromatic nitrogens is 1. The zero-order valence-electron chi connectivity index (χ0n) is 8.03. The van der Waals surface area contributed by atoms with Crippen LogP contribution in [0.1, 0.15) is 23.7 Å². The van der Waals surface area contributed by atoms with Gasteiger partial charge in [-0.25, -0.2) is 0 Å². The van der Waals surface area contributed by atoms with Gasteiger partial charge in [0.05, 0.1) is 0 Å². The summed E-state index contributed by atoms with van der Waals surface area (Å²) >= 11 is 5.67. The fraction of sp³-hybridized carbons (Fsp3) is 0.400. The quantitative estimate of drug-likeness (QED) is 0.774. The van der Waals surface area contributed by atoms with E-state index in [1.54, 1.807) is 24.5 Å². The standard InChI is InChI=1S/C10H13ClN2O/c1-2-9(7-11)13-10(14)8-3-5-12-6-4-8/h3-6,9H,2,7H2,1H3,(H,13,14). The third-order valence-electron chi connectivity index (χ3n) is 1.96. The Balaban J connectivity index is 2.59. The minimum absolute atomic E-state index is 0.0392. The average molecular weight is 213 g/mol. The number of carbonyl (C=O) groups is 1. The molecule has 1 heterocycles. The lowest BCUT2D eigenvalue weighted by molar-refractivity contribution is 0.0939. The van der Waals surface area contributed by atoms with Gasteiger partial charge in [0.1, 0.15) is 0 Å². The Morgan fingerprint density at radius 2 is 2.21 bits per heavy atom. The number of hydrogen-bond acceptors (Lipinski definition) is 2. The molecule has 14 heavy (non-hydrogen) atoms. The van der Waals surface area contributed by atoms with E-state index >= 15 is 0 Å². The van der Waals surface area contributed by atoms with Crippen LogP contribution in [-0.2, 0) is 0 Å². The van der Waals surface area contributed by atoms with Crippen LogP contribution in [0.2, 0.25) is 0 Å². The van der Waals surface area contributed by atoms with Crippen LogP contribution in [-0.4, -0.2) is 22.8 Å². The first-order valence-electron chi connectivity index (χ1n) is 4.54. The molecule has 1 N–H and O–H groups in total. The molecule has 0 spiro atoms. The minimum Gasteiger partial charge on any atom is -0.348 e. The Bertz CT molecular complexity index is 285. The summed E-state index contributed by atoms with van der Waals surface area (Å²) in [5.74, 6) is 0.341. The highest BCUT2D eigenvalue weighted by atomic mass is 35.5. The largest absolute Gasteiger partial charge is 0.348 e. The Labute approximate surface area is 88.5 Å². The van der Waals surface area contributed by atoms with Crippen LogP contribution in [0.5, 0.6) is 0 Å². The summed E-state index contributed by atoms with van der Waals surface area (Å²) in [4.78, 5) is 15.4. The number of amides is 1. The number of halogens is 1. The van der Waals surface area contributed by atoms with E-state index in [4.69, 9.17) is 11.6 Å². The Morgan fingerprint density at radius 1 is 1.57 bits per heavy atom. The number of nitrogens with zero attached hydrogens (tertiary/aromatic N) is 1. The molecule has 0 radical (unpaired) electrons. The lowest BCUT2D eigenvalue weighted by Crippen LogP contribution is -2.35. The highest BCUT2D eigenvalue weighted by Crippen LogP contribution is 1.99. The SMILES string of the molecule is CCC(CCl)NC(=O)c1ccncc1. The number of carbonyl (C=O) groups excluding carboxylic acids is 1. The zero-order chi connectivity index (χ0) is 10.4. The average Bonchev–Trinajstić information content (AvgIpc) is 2.26. The molecule has 0 aliphatic carbocycles. The predicted molar refractivity (Wildman–Crippen MR) is 56.5 cm³/mol. The van der Waals surface area contributed by atoms with Gasteiger partial charge in [0.25, 0.3) is 5.91 Å². The van der Waals surface area contributed by atoms with Gasteiger partial charge in [-0.2, -0.15) is 0 Å². The van der Waals surface area contributed by atoms with Gasteiger partial charge in [-0.3, -0.25) is 9.78 Å². The molecule has 3 nitrogen and oxygen atoms in total. The molecule has 1 aromatic rings. The molecule has 0 aliphatic rings. The van der Waals surface area contributed by atoms with Gasteiger partial charge in [-0.05, 0) is 18.6 Å². The number of nitrogens with one attached hydrogen (secondary N) is 1. The number of alkyl halides is 1. The van der Waals surface area contributed by atoms with Crippen molar-refractivity contribution in [2.24, 2.45) is 0 Å². The summed E-state index contributed by atoms with van der Waals surface area (Å²) < 4.78 is 0. The van der Waals surface area contributed by atoms with Crippen molar-refractivity contribution < 1.29 is 4.79 Å². The molecule has 0 bridgehead atoms. The van der Waals surface area contributed by atoms with Crippen molar-refractivity contribution in [1.29, 1.82) is 0 Å². The van der Waals surface area contributed by atoms with E-state index in [0.717, 1.165) is 6.42 Å². The van der Waals surface area contributed by atoms with Gasteiger partial charge in [-0.15, -0.1) is 11.6 Å². The molecule has 0 fully saturated rings. The first-order chi connectivity index (χ1) is 6.77. The molecular formula is C10H13ClN2O. The van der Waals surface area contributed by atoms with Crippen molar-refractivity contribution in [2.75, 3.05) is 5.88 Å². The van der Waals surface area contributed by atoms with Gasteiger partial charge in [0.2, 0.25) is 0 Å². The Kier molecular flexibility index (Phi) is 4.40. The van der Waals surface area contributed by atoms with Crippen LogP contribution >= 0.6 is 11.6 Å². The van der Waals surface area contributed by atoms with E-state index in [-0.39, 0.29) is 11.9 Å². The van der Waals surface area contributed by atoms with E-state index in [1.807, 2.05) is 6.92 Å². The third kappa shape index (κ3) is 3.00. The zero-order valence-corrected chi connectivity index (χ0v) is 8.79. The monoisotopic (exact) mass is 212 g/mol. The second-order valence-electron chi connectivity index (χ2n) is 2.97. The van der Waals surface area contributed by atoms with Crippen LogP contribution in [0.3, 0.4) is 0 Å². The molecule has 0 saturated carbocycles. The summed E-state index contributed by atoms with van der Waals surface area (Å²) in [6.07, 6.45) is 4.02. The molecule has 1 atom stereocenters. The van der Waals surface area contributed by atoms with Crippen LogP contribution in [0.4, 0.5) is 0 Å². The predicted octanol–water partition coefficient (Wildman–Crippen LogP) is 1.83. The smallest absolute Gasteiger partial charge is 0.251 e. The molecule has 1 aromatic heterocycles. The van der Waals surface area contributed by atoms with Gasteiger partial charge in [0, 0.05) is 29.9 Å². The summed E-state index contributed by atoms with van der Waals surface area (Å²) in [7, 11) is 0. The van der Waals surface area contributed by atoms with Crippen LogP contribution in [0.25, 0.3) is 0 Å². The first-order valence-corrected chi connectivity index (χ1v) is 5.08.